The Hall–Kier alpha value is -3.01. The second kappa shape index (κ2) is 11.2. The quantitative estimate of drug-likeness (QED) is 0.415. The van der Waals surface area contributed by atoms with Gasteiger partial charge in [-0.2, -0.15) is 5.10 Å². The molecular formula is C27H30ClF2N5O2. The third kappa shape index (κ3) is 5.49. The lowest BCUT2D eigenvalue weighted by Gasteiger charge is -2.23. The van der Waals surface area contributed by atoms with Gasteiger partial charge in [0.15, 0.2) is 17.5 Å². The Labute approximate surface area is 219 Å². The molecule has 196 valence electrons. The molecule has 1 aliphatic heterocycles. The van der Waals surface area contributed by atoms with E-state index in [2.05, 4.69) is 15.5 Å². The van der Waals surface area contributed by atoms with Crippen molar-refractivity contribution in [1.82, 2.24) is 20.0 Å². The first kappa shape index (κ1) is 25.6. The summed E-state index contributed by atoms with van der Waals surface area (Å²) in [5.74, 6) is -1.34. The molecule has 1 aromatic heterocycles. The Morgan fingerprint density at radius 1 is 1.14 bits per heavy atom. The van der Waals surface area contributed by atoms with Crippen molar-refractivity contribution < 1.29 is 18.3 Å². The number of para-hydroxylation sites is 1. The maximum absolute atomic E-state index is 14.0. The molecule has 37 heavy (non-hydrogen) atoms. The third-order valence-corrected chi connectivity index (χ3v) is 7.64. The molecule has 7 nitrogen and oxygen atoms in total. The van der Waals surface area contributed by atoms with Crippen LogP contribution in [0.15, 0.2) is 48.5 Å². The van der Waals surface area contributed by atoms with Gasteiger partial charge in [0.2, 0.25) is 0 Å². The summed E-state index contributed by atoms with van der Waals surface area (Å²) in [5.41, 5.74) is 2.21. The van der Waals surface area contributed by atoms with Gasteiger partial charge >= 0.3 is 6.03 Å². The molecular weight excluding hydrogens is 500 g/mol. The van der Waals surface area contributed by atoms with E-state index in [1.54, 1.807) is 17.9 Å². The van der Waals surface area contributed by atoms with Gasteiger partial charge in [-0.15, -0.1) is 0 Å². The van der Waals surface area contributed by atoms with Gasteiger partial charge in [0.25, 0.3) is 0 Å². The molecule has 2 aliphatic rings. The number of aromatic nitrogens is 2. The van der Waals surface area contributed by atoms with Gasteiger partial charge in [0, 0.05) is 38.6 Å². The van der Waals surface area contributed by atoms with Crippen molar-refractivity contribution in [3.8, 4) is 5.69 Å². The number of amides is 2. The molecule has 2 N–H and O–H groups in total. The van der Waals surface area contributed by atoms with Crippen molar-refractivity contribution in [2.24, 2.45) is 0 Å². The molecule has 2 aromatic carbocycles. The van der Waals surface area contributed by atoms with Crippen LogP contribution in [0.4, 0.5) is 19.4 Å². The average Bonchev–Trinajstić information content (AvgIpc) is 3.40. The van der Waals surface area contributed by atoms with E-state index in [4.69, 9.17) is 21.4 Å². The maximum Gasteiger partial charge on any atom is 0.320 e. The summed E-state index contributed by atoms with van der Waals surface area (Å²) in [6, 6.07) is 12.6. The normalized spacial score (nSPS) is 20.1. The van der Waals surface area contributed by atoms with Gasteiger partial charge in [-0.3, -0.25) is 10.2 Å². The SMILES string of the molecule is COCCN1CC(NC(=O)Nc2c(Cl)c(C3CCC3)nn2-c2ccccc2)C(c2ccc(F)c(F)c2)C1. The minimum absolute atomic E-state index is 0.224. The number of ether oxygens (including phenoxy) is 1. The van der Waals surface area contributed by atoms with E-state index in [1.165, 1.54) is 6.07 Å². The Kier molecular flexibility index (Phi) is 7.73. The van der Waals surface area contributed by atoms with E-state index in [-0.39, 0.29) is 17.9 Å². The molecule has 10 heteroatoms. The number of likely N-dealkylation sites (tertiary alicyclic amines) is 1. The zero-order chi connectivity index (χ0) is 25.9. The maximum atomic E-state index is 14.0. The number of methoxy groups -OCH3 is 1. The highest BCUT2D eigenvalue weighted by molar-refractivity contribution is 6.34. The van der Waals surface area contributed by atoms with Crippen LogP contribution in [0.1, 0.15) is 42.4 Å². The average molecular weight is 530 g/mol. The lowest BCUT2D eigenvalue weighted by Crippen LogP contribution is -2.42. The smallest absolute Gasteiger partial charge is 0.320 e. The summed E-state index contributed by atoms with van der Waals surface area (Å²) < 4.78 is 34.5. The van der Waals surface area contributed by atoms with Gasteiger partial charge in [0.05, 0.1) is 24.0 Å². The fourth-order valence-corrected chi connectivity index (χ4v) is 5.37. The first-order valence-electron chi connectivity index (χ1n) is 12.5. The monoisotopic (exact) mass is 529 g/mol. The lowest BCUT2D eigenvalue weighted by atomic mass is 9.83. The van der Waals surface area contributed by atoms with Crippen molar-refractivity contribution in [2.45, 2.75) is 37.1 Å². The zero-order valence-electron chi connectivity index (χ0n) is 20.6. The molecule has 2 fully saturated rings. The standard InChI is InChI=1S/C27H30ClF2N5O2/c1-37-13-12-34-15-20(18-10-11-21(29)22(30)14-18)23(16-34)31-27(36)32-26-24(28)25(17-6-5-7-17)33-35(26)19-8-3-2-4-9-19/h2-4,8-11,14,17,20,23H,5-7,12-13,15-16H2,1H3,(H2,31,32,36). The Bertz CT molecular complexity index is 1250. The summed E-state index contributed by atoms with van der Waals surface area (Å²) in [6.45, 7) is 2.31. The number of carbonyl (C=O) groups excluding carboxylic acids is 1. The molecule has 1 saturated carbocycles. The molecule has 0 spiro atoms. The van der Waals surface area contributed by atoms with E-state index in [0.29, 0.717) is 42.6 Å². The number of urea groups is 1. The van der Waals surface area contributed by atoms with Crippen LogP contribution in [0.25, 0.3) is 5.69 Å². The summed E-state index contributed by atoms with van der Waals surface area (Å²) >= 11 is 6.76. The fraction of sp³-hybridized carbons (Fsp3) is 0.407. The Morgan fingerprint density at radius 3 is 2.59 bits per heavy atom. The van der Waals surface area contributed by atoms with Crippen LogP contribution in [0, 0.1) is 11.6 Å². The van der Waals surface area contributed by atoms with E-state index in [0.717, 1.165) is 36.7 Å². The Morgan fingerprint density at radius 2 is 1.92 bits per heavy atom. The van der Waals surface area contributed by atoms with Crippen molar-refractivity contribution in [3.63, 3.8) is 0 Å². The molecule has 3 aromatic rings. The minimum atomic E-state index is -0.905. The van der Waals surface area contributed by atoms with E-state index in [9.17, 15) is 13.6 Å². The van der Waals surface area contributed by atoms with Gasteiger partial charge in [-0.05, 0) is 42.7 Å². The molecule has 0 radical (unpaired) electrons. The van der Waals surface area contributed by atoms with Crippen molar-refractivity contribution >= 4 is 23.4 Å². The van der Waals surface area contributed by atoms with Crippen LogP contribution in [-0.4, -0.2) is 60.1 Å². The fourth-order valence-electron chi connectivity index (χ4n) is 5.05. The predicted molar refractivity (Wildman–Crippen MR) is 139 cm³/mol. The summed E-state index contributed by atoms with van der Waals surface area (Å²) in [6.07, 6.45) is 3.17. The number of nitrogens with zero attached hydrogens (tertiary/aromatic N) is 3. The third-order valence-electron chi connectivity index (χ3n) is 7.27. The minimum Gasteiger partial charge on any atom is -0.383 e. The van der Waals surface area contributed by atoms with E-state index < -0.39 is 17.7 Å². The van der Waals surface area contributed by atoms with Crippen molar-refractivity contribution in [2.75, 3.05) is 38.7 Å². The van der Waals surface area contributed by atoms with Crippen LogP contribution in [0.3, 0.4) is 0 Å². The molecule has 2 unspecified atom stereocenters. The van der Waals surface area contributed by atoms with Gasteiger partial charge in [-0.25, -0.2) is 18.3 Å². The Balaban J connectivity index is 1.38. The number of rotatable bonds is 8. The number of anilines is 1. The van der Waals surface area contributed by atoms with Crippen molar-refractivity contribution in [3.05, 3.63) is 76.4 Å². The number of carbonyl (C=O) groups is 1. The van der Waals surface area contributed by atoms with E-state index >= 15 is 0 Å². The molecule has 2 amide bonds. The van der Waals surface area contributed by atoms with Crippen LogP contribution < -0.4 is 10.6 Å². The second-order valence-electron chi connectivity index (χ2n) is 9.66. The second-order valence-corrected chi connectivity index (χ2v) is 10.0. The molecule has 2 heterocycles. The van der Waals surface area contributed by atoms with Crippen LogP contribution in [0.2, 0.25) is 5.02 Å². The van der Waals surface area contributed by atoms with Crippen LogP contribution in [-0.2, 0) is 4.74 Å². The van der Waals surface area contributed by atoms with Crippen LogP contribution in [0.5, 0.6) is 0 Å². The van der Waals surface area contributed by atoms with Crippen LogP contribution >= 0.6 is 11.6 Å². The lowest BCUT2D eigenvalue weighted by molar-refractivity contribution is 0.159. The molecule has 1 saturated heterocycles. The van der Waals surface area contributed by atoms with Gasteiger partial charge < -0.3 is 10.1 Å². The number of hydrogen-bond acceptors (Lipinski definition) is 4. The molecule has 0 bridgehead atoms. The van der Waals surface area contributed by atoms with Crippen molar-refractivity contribution in [1.29, 1.82) is 0 Å². The molecule has 1 aliphatic carbocycles. The zero-order valence-corrected chi connectivity index (χ0v) is 21.3. The summed E-state index contributed by atoms with van der Waals surface area (Å²) in [7, 11) is 1.63. The molecule has 2 atom stereocenters. The number of halogens is 3. The highest BCUT2D eigenvalue weighted by atomic mass is 35.5. The number of benzene rings is 2. The number of nitrogens with one attached hydrogen (secondary N) is 2. The number of hydrogen-bond donors (Lipinski definition) is 2. The first-order valence-corrected chi connectivity index (χ1v) is 12.9. The summed E-state index contributed by atoms with van der Waals surface area (Å²) in [5, 5.41) is 11.2. The summed E-state index contributed by atoms with van der Waals surface area (Å²) in [4.78, 5) is 15.4. The predicted octanol–water partition coefficient (Wildman–Crippen LogP) is 5.31. The highest BCUT2D eigenvalue weighted by Gasteiger charge is 2.36. The van der Waals surface area contributed by atoms with E-state index in [1.807, 2.05) is 30.3 Å². The van der Waals surface area contributed by atoms with Gasteiger partial charge in [0.1, 0.15) is 5.02 Å². The topological polar surface area (TPSA) is 71.4 Å². The largest absolute Gasteiger partial charge is 0.383 e. The first-order chi connectivity index (χ1) is 17.9. The molecule has 5 rings (SSSR count). The highest BCUT2D eigenvalue weighted by Crippen LogP contribution is 2.42. The van der Waals surface area contributed by atoms with Gasteiger partial charge in [-0.1, -0.05) is 42.3 Å².